The van der Waals surface area contributed by atoms with Crippen LogP contribution in [0.15, 0.2) is 73.1 Å². The van der Waals surface area contributed by atoms with Gasteiger partial charge in [0.05, 0.1) is 10.5 Å². The average molecular weight is 356 g/mol. The van der Waals surface area contributed by atoms with Crippen LogP contribution in [0.3, 0.4) is 0 Å². The van der Waals surface area contributed by atoms with Crippen molar-refractivity contribution >= 4 is 48.0 Å². The predicted octanol–water partition coefficient (Wildman–Crippen LogP) is 6.18. The summed E-state index contributed by atoms with van der Waals surface area (Å²) >= 11 is 1.71. The van der Waals surface area contributed by atoms with Crippen molar-refractivity contribution in [3.63, 3.8) is 0 Å². The van der Waals surface area contributed by atoms with E-state index in [1.807, 2.05) is 30.3 Å². The van der Waals surface area contributed by atoms with Crippen LogP contribution < -0.4 is 0 Å². The van der Waals surface area contributed by atoms with Gasteiger partial charge < -0.3 is 0 Å². The summed E-state index contributed by atoms with van der Waals surface area (Å²) in [4.78, 5) is 15.3. The molecule has 2 aromatic heterocycles. The number of aromatic nitrogens is 1. The van der Waals surface area contributed by atoms with E-state index < -0.39 is 0 Å². The smallest absolute Gasteiger partial charge is 0.264 e. The van der Waals surface area contributed by atoms with Gasteiger partial charge in [0.1, 0.15) is 0 Å². The van der Waals surface area contributed by atoms with E-state index in [0.717, 1.165) is 21.0 Å². The lowest BCUT2D eigenvalue weighted by Crippen LogP contribution is -1.93. The monoisotopic (exact) mass is 356 g/mol. The third kappa shape index (κ3) is 2.11. The third-order valence-electron chi connectivity index (χ3n) is 4.67. The molecule has 4 nitrogen and oxygen atoms in total. The quantitative estimate of drug-likeness (QED) is 0.280. The molecule has 5 aromatic rings. The van der Waals surface area contributed by atoms with Gasteiger partial charge in [-0.05, 0) is 28.5 Å². The molecule has 0 aliphatic heterocycles. The molecule has 0 N–H and O–H groups in total. The molecule has 0 aliphatic rings. The molecule has 0 amide bonds. The van der Waals surface area contributed by atoms with E-state index >= 15 is 0 Å². The summed E-state index contributed by atoms with van der Waals surface area (Å²) in [6.45, 7) is 0. The Morgan fingerprint density at radius 3 is 2.38 bits per heavy atom. The summed E-state index contributed by atoms with van der Waals surface area (Å²) in [6, 6.07) is 19.9. The summed E-state index contributed by atoms with van der Waals surface area (Å²) in [5, 5.41) is 16.0. The number of benzene rings is 3. The van der Waals surface area contributed by atoms with Crippen LogP contribution in [0.4, 0.5) is 5.69 Å². The molecule has 0 spiro atoms. The van der Waals surface area contributed by atoms with Gasteiger partial charge in [0, 0.05) is 38.6 Å². The maximum absolute atomic E-state index is 11.5. The van der Waals surface area contributed by atoms with Gasteiger partial charge >= 0.3 is 0 Å². The van der Waals surface area contributed by atoms with Gasteiger partial charge in [-0.15, -0.1) is 11.3 Å². The first-order valence-corrected chi connectivity index (χ1v) is 8.97. The highest BCUT2D eigenvalue weighted by molar-refractivity contribution is 7.26. The van der Waals surface area contributed by atoms with Crippen LogP contribution in [0.1, 0.15) is 0 Å². The zero-order valence-electron chi connectivity index (χ0n) is 13.5. The Morgan fingerprint density at radius 2 is 1.58 bits per heavy atom. The molecular formula is C21H12N2O2S. The SMILES string of the molecule is O=[N+]([O-])c1ccncc1-c1cc2sc3ccccc3c2c2ccccc12. The Balaban J connectivity index is 1.98. The lowest BCUT2D eigenvalue weighted by Gasteiger charge is -2.09. The van der Waals surface area contributed by atoms with E-state index in [1.165, 1.54) is 27.7 Å². The minimum absolute atomic E-state index is 0.0746. The van der Waals surface area contributed by atoms with E-state index in [9.17, 15) is 10.1 Å². The Labute approximate surface area is 152 Å². The molecule has 0 fully saturated rings. The number of hydrogen-bond donors (Lipinski definition) is 0. The number of pyridine rings is 1. The second-order valence-corrected chi connectivity index (χ2v) is 7.17. The first-order valence-electron chi connectivity index (χ1n) is 8.16. The summed E-state index contributed by atoms with van der Waals surface area (Å²) in [5.74, 6) is 0. The summed E-state index contributed by atoms with van der Waals surface area (Å²) in [5.41, 5.74) is 1.47. The van der Waals surface area contributed by atoms with Crippen molar-refractivity contribution in [2.75, 3.05) is 0 Å². The molecule has 2 heterocycles. The van der Waals surface area contributed by atoms with Gasteiger partial charge in [-0.1, -0.05) is 42.5 Å². The van der Waals surface area contributed by atoms with Gasteiger partial charge in [-0.3, -0.25) is 15.1 Å². The molecule has 124 valence electrons. The average Bonchev–Trinajstić information content (AvgIpc) is 3.06. The number of nitro groups is 1. The Morgan fingerprint density at radius 1 is 0.846 bits per heavy atom. The summed E-state index contributed by atoms with van der Waals surface area (Å²) in [7, 11) is 0. The second kappa shape index (κ2) is 5.61. The minimum atomic E-state index is -0.346. The Bertz CT molecular complexity index is 1320. The highest BCUT2D eigenvalue weighted by Gasteiger charge is 2.19. The highest BCUT2D eigenvalue weighted by Crippen LogP contribution is 2.43. The second-order valence-electron chi connectivity index (χ2n) is 6.09. The number of rotatable bonds is 2. The first kappa shape index (κ1) is 15.0. The van der Waals surface area contributed by atoms with Crippen molar-refractivity contribution in [1.82, 2.24) is 4.98 Å². The molecular weight excluding hydrogens is 344 g/mol. The van der Waals surface area contributed by atoms with E-state index in [2.05, 4.69) is 29.2 Å². The zero-order valence-corrected chi connectivity index (χ0v) is 14.4. The summed E-state index contributed by atoms with van der Waals surface area (Å²) in [6.07, 6.45) is 3.04. The standard InChI is InChI=1S/C21H12N2O2S/c24-23(25)18-9-10-22-12-17(18)16-11-20-21(14-6-2-1-5-13(14)16)15-7-3-4-8-19(15)26-20/h1-12H. The van der Waals surface area contributed by atoms with Gasteiger partial charge in [0.2, 0.25) is 0 Å². The molecule has 3 aromatic carbocycles. The zero-order chi connectivity index (χ0) is 17.7. The fourth-order valence-corrected chi connectivity index (χ4v) is 4.73. The summed E-state index contributed by atoms with van der Waals surface area (Å²) < 4.78 is 2.34. The lowest BCUT2D eigenvalue weighted by atomic mass is 9.95. The van der Waals surface area contributed by atoms with E-state index in [0.29, 0.717) is 5.56 Å². The van der Waals surface area contributed by atoms with Crippen LogP contribution in [0.2, 0.25) is 0 Å². The molecule has 0 saturated carbocycles. The third-order valence-corrected chi connectivity index (χ3v) is 5.79. The van der Waals surface area contributed by atoms with Crippen LogP contribution in [-0.2, 0) is 0 Å². The molecule has 0 saturated heterocycles. The largest absolute Gasteiger partial charge is 0.280 e. The first-order chi connectivity index (χ1) is 12.7. The number of thiophene rings is 1. The molecule has 0 unspecified atom stereocenters. The number of nitrogens with zero attached hydrogens (tertiary/aromatic N) is 2. The van der Waals surface area contributed by atoms with Crippen molar-refractivity contribution in [3.05, 3.63) is 83.2 Å². The molecule has 26 heavy (non-hydrogen) atoms. The molecule has 0 atom stereocenters. The molecule has 0 bridgehead atoms. The van der Waals surface area contributed by atoms with E-state index in [1.54, 1.807) is 17.5 Å². The minimum Gasteiger partial charge on any atom is -0.264 e. The topological polar surface area (TPSA) is 56.0 Å². The normalized spacial score (nSPS) is 11.4. The maximum Gasteiger partial charge on any atom is 0.280 e. The van der Waals surface area contributed by atoms with Crippen molar-refractivity contribution in [3.8, 4) is 11.1 Å². The van der Waals surface area contributed by atoms with E-state index in [4.69, 9.17) is 0 Å². The van der Waals surface area contributed by atoms with Gasteiger partial charge in [-0.2, -0.15) is 0 Å². The fourth-order valence-electron chi connectivity index (χ4n) is 3.57. The van der Waals surface area contributed by atoms with E-state index in [-0.39, 0.29) is 10.6 Å². The van der Waals surface area contributed by atoms with Crippen LogP contribution in [0.5, 0.6) is 0 Å². The van der Waals surface area contributed by atoms with Crippen molar-refractivity contribution in [1.29, 1.82) is 0 Å². The van der Waals surface area contributed by atoms with Crippen molar-refractivity contribution < 1.29 is 4.92 Å². The molecule has 5 rings (SSSR count). The molecule has 0 aliphatic carbocycles. The Kier molecular flexibility index (Phi) is 3.23. The maximum atomic E-state index is 11.5. The highest BCUT2D eigenvalue weighted by atomic mass is 32.1. The van der Waals surface area contributed by atoms with Crippen LogP contribution >= 0.6 is 11.3 Å². The van der Waals surface area contributed by atoms with Crippen LogP contribution in [-0.4, -0.2) is 9.91 Å². The van der Waals surface area contributed by atoms with Crippen LogP contribution in [0.25, 0.3) is 42.1 Å². The fraction of sp³-hybridized carbons (Fsp3) is 0. The predicted molar refractivity (Wildman–Crippen MR) is 107 cm³/mol. The van der Waals surface area contributed by atoms with Crippen molar-refractivity contribution in [2.45, 2.75) is 0 Å². The van der Waals surface area contributed by atoms with Crippen LogP contribution in [0, 0.1) is 10.1 Å². The lowest BCUT2D eigenvalue weighted by molar-refractivity contribution is -0.384. The van der Waals surface area contributed by atoms with Gasteiger partial charge in [0.25, 0.3) is 5.69 Å². The van der Waals surface area contributed by atoms with Gasteiger partial charge in [-0.25, -0.2) is 0 Å². The van der Waals surface area contributed by atoms with Crippen molar-refractivity contribution in [2.24, 2.45) is 0 Å². The van der Waals surface area contributed by atoms with Gasteiger partial charge in [0.15, 0.2) is 0 Å². The number of fused-ring (bicyclic) bond motifs is 5. The number of hydrogen-bond acceptors (Lipinski definition) is 4. The molecule has 0 radical (unpaired) electrons. The molecule has 5 heteroatoms. The Hall–Kier alpha value is -3.31.